The number of carboxylic acids is 1. The molecule has 2 aromatic rings. The van der Waals surface area contributed by atoms with Crippen LogP contribution >= 0.6 is 0 Å². The summed E-state index contributed by atoms with van der Waals surface area (Å²) in [6, 6.07) is 6.08. The number of aromatic carboxylic acids is 1. The number of rotatable bonds is 4. The fourth-order valence-corrected chi connectivity index (χ4v) is 3.04. The van der Waals surface area contributed by atoms with Crippen molar-refractivity contribution in [1.29, 1.82) is 0 Å². The lowest BCUT2D eigenvalue weighted by Gasteiger charge is -2.16. The molecule has 6 heteroatoms. The van der Waals surface area contributed by atoms with E-state index in [4.69, 9.17) is 4.74 Å². The molecule has 0 radical (unpaired) electrons. The Bertz CT molecular complexity index is 705. The van der Waals surface area contributed by atoms with Crippen LogP contribution < -0.4 is 4.74 Å². The van der Waals surface area contributed by atoms with Crippen molar-refractivity contribution in [3.05, 3.63) is 35.8 Å². The van der Waals surface area contributed by atoms with E-state index in [2.05, 4.69) is 5.10 Å². The highest BCUT2D eigenvalue weighted by Crippen LogP contribution is 2.38. The Kier molecular flexibility index (Phi) is 3.83. The summed E-state index contributed by atoms with van der Waals surface area (Å²) in [6.45, 7) is 0. The summed E-state index contributed by atoms with van der Waals surface area (Å²) >= 11 is 0. The molecular weight excluding hydrogens is 287 g/mol. The summed E-state index contributed by atoms with van der Waals surface area (Å²) in [5, 5.41) is 13.4. The van der Waals surface area contributed by atoms with E-state index in [-0.39, 0.29) is 17.3 Å². The molecule has 0 bridgehead atoms. The van der Waals surface area contributed by atoms with Crippen molar-refractivity contribution in [1.82, 2.24) is 9.78 Å². The zero-order valence-corrected chi connectivity index (χ0v) is 12.3. The van der Waals surface area contributed by atoms with E-state index in [0.717, 1.165) is 25.7 Å². The minimum Gasteiger partial charge on any atom is -0.496 e. The van der Waals surface area contributed by atoms with Gasteiger partial charge in [-0.3, -0.25) is 4.68 Å². The van der Waals surface area contributed by atoms with Crippen LogP contribution in [0.4, 0.5) is 4.39 Å². The number of carbonyl (C=O) groups is 1. The molecule has 116 valence electrons. The van der Waals surface area contributed by atoms with Gasteiger partial charge >= 0.3 is 5.97 Å². The van der Waals surface area contributed by atoms with Crippen molar-refractivity contribution in [3.63, 3.8) is 0 Å². The van der Waals surface area contributed by atoms with E-state index in [1.165, 1.54) is 19.2 Å². The van der Waals surface area contributed by atoms with Crippen LogP contribution in [-0.4, -0.2) is 28.0 Å². The molecule has 0 amide bonds. The Morgan fingerprint density at radius 2 is 2.14 bits per heavy atom. The van der Waals surface area contributed by atoms with Gasteiger partial charge in [-0.1, -0.05) is 18.9 Å². The van der Waals surface area contributed by atoms with Crippen LogP contribution in [0.1, 0.15) is 42.2 Å². The van der Waals surface area contributed by atoms with Crippen molar-refractivity contribution in [2.45, 2.75) is 31.7 Å². The number of carboxylic acid groups (broad SMARTS) is 1. The minimum atomic E-state index is -1.12. The average Bonchev–Trinajstić information content (AvgIpc) is 3.15. The number of hydrogen-bond donors (Lipinski definition) is 1. The summed E-state index contributed by atoms with van der Waals surface area (Å²) in [4.78, 5) is 11.3. The van der Waals surface area contributed by atoms with E-state index in [1.807, 2.05) is 0 Å². The second-order valence-electron chi connectivity index (χ2n) is 5.42. The van der Waals surface area contributed by atoms with Gasteiger partial charge in [0.25, 0.3) is 0 Å². The van der Waals surface area contributed by atoms with Gasteiger partial charge in [-0.05, 0) is 31.0 Å². The fourth-order valence-electron chi connectivity index (χ4n) is 3.04. The molecule has 0 spiro atoms. The Hall–Kier alpha value is -2.37. The maximum Gasteiger partial charge on any atom is 0.356 e. The molecule has 0 saturated heterocycles. The molecular formula is C16H17FN2O3. The molecule has 0 aliphatic heterocycles. The SMILES string of the molecule is COc1cccc(F)c1-c1cc(C(=O)O)nn1C1CCCC1. The van der Waals surface area contributed by atoms with Crippen molar-refractivity contribution in [3.8, 4) is 17.0 Å². The highest BCUT2D eigenvalue weighted by Gasteiger charge is 2.26. The molecule has 22 heavy (non-hydrogen) atoms. The quantitative estimate of drug-likeness (QED) is 0.938. The van der Waals surface area contributed by atoms with Crippen molar-refractivity contribution in [2.75, 3.05) is 7.11 Å². The lowest BCUT2D eigenvalue weighted by Crippen LogP contribution is -2.10. The molecule has 1 saturated carbocycles. The van der Waals surface area contributed by atoms with Gasteiger partial charge in [-0.15, -0.1) is 0 Å². The Morgan fingerprint density at radius 1 is 1.41 bits per heavy atom. The van der Waals surface area contributed by atoms with Crippen LogP contribution in [0.2, 0.25) is 0 Å². The lowest BCUT2D eigenvalue weighted by molar-refractivity contribution is 0.0689. The van der Waals surface area contributed by atoms with Crippen molar-refractivity contribution >= 4 is 5.97 Å². The molecule has 1 fully saturated rings. The van der Waals surface area contributed by atoms with Crippen LogP contribution in [0.15, 0.2) is 24.3 Å². The van der Waals surface area contributed by atoms with Gasteiger partial charge in [-0.25, -0.2) is 9.18 Å². The Morgan fingerprint density at radius 3 is 2.77 bits per heavy atom. The third-order valence-electron chi connectivity index (χ3n) is 4.08. The van der Waals surface area contributed by atoms with Gasteiger partial charge in [0, 0.05) is 0 Å². The second kappa shape index (κ2) is 5.79. The lowest BCUT2D eigenvalue weighted by atomic mass is 10.1. The highest BCUT2D eigenvalue weighted by atomic mass is 19.1. The maximum atomic E-state index is 14.3. The molecule has 1 aromatic heterocycles. The molecule has 1 aromatic carbocycles. The van der Waals surface area contributed by atoms with Gasteiger partial charge in [0.2, 0.25) is 0 Å². The van der Waals surface area contributed by atoms with E-state index >= 15 is 0 Å². The number of hydrogen-bond acceptors (Lipinski definition) is 3. The largest absolute Gasteiger partial charge is 0.496 e. The van der Waals surface area contributed by atoms with Gasteiger partial charge in [0.1, 0.15) is 11.6 Å². The Labute approximate surface area is 127 Å². The smallest absolute Gasteiger partial charge is 0.356 e. The van der Waals surface area contributed by atoms with Gasteiger partial charge in [0.05, 0.1) is 24.4 Å². The van der Waals surface area contributed by atoms with Crippen LogP contribution in [0.5, 0.6) is 5.75 Å². The second-order valence-corrected chi connectivity index (χ2v) is 5.42. The predicted octanol–water partition coefficient (Wildman–Crippen LogP) is 3.51. The number of methoxy groups -OCH3 is 1. The number of nitrogens with zero attached hydrogens (tertiary/aromatic N) is 2. The first-order valence-electron chi connectivity index (χ1n) is 7.27. The van der Waals surface area contributed by atoms with E-state index in [0.29, 0.717) is 11.4 Å². The molecule has 1 aliphatic carbocycles. The summed E-state index contributed by atoms with van der Waals surface area (Å²) < 4.78 is 21.2. The fraction of sp³-hybridized carbons (Fsp3) is 0.375. The average molecular weight is 304 g/mol. The zero-order chi connectivity index (χ0) is 15.7. The third-order valence-corrected chi connectivity index (χ3v) is 4.08. The van der Waals surface area contributed by atoms with Crippen LogP contribution in [-0.2, 0) is 0 Å². The van der Waals surface area contributed by atoms with Crippen LogP contribution in [0.25, 0.3) is 11.3 Å². The van der Waals surface area contributed by atoms with Crippen LogP contribution in [0.3, 0.4) is 0 Å². The first kappa shape index (κ1) is 14.6. The standard InChI is InChI=1S/C16H17FN2O3/c1-22-14-8-4-7-11(17)15(14)13-9-12(16(20)21)18-19(13)10-5-2-3-6-10/h4,7-10H,2-3,5-6H2,1H3,(H,20,21). The van der Waals surface area contributed by atoms with Crippen LogP contribution in [0, 0.1) is 5.82 Å². The molecule has 3 rings (SSSR count). The molecule has 0 atom stereocenters. The van der Waals surface area contributed by atoms with Gasteiger partial charge in [0.15, 0.2) is 5.69 Å². The number of halogens is 1. The summed E-state index contributed by atoms with van der Waals surface area (Å²) in [6.07, 6.45) is 3.98. The molecule has 1 N–H and O–H groups in total. The Balaban J connectivity index is 2.19. The predicted molar refractivity (Wildman–Crippen MR) is 78.6 cm³/mol. The summed E-state index contributed by atoms with van der Waals surface area (Å²) in [7, 11) is 1.46. The maximum absolute atomic E-state index is 14.3. The highest BCUT2D eigenvalue weighted by molar-refractivity contribution is 5.87. The molecule has 0 unspecified atom stereocenters. The number of aromatic nitrogens is 2. The van der Waals surface area contributed by atoms with E-state index in [1.54, 1.807) is 16.8 Å². The molecule has 5 nitrogen and oxygen atoms in total. The zero-order valence-electron chi connectivity index (χ0n) is 12.3. The van der Waals surface area contributed by atoms with E-state index < -0.39 is 11.8 Å². The third kappa shape index (κ3) is 2.45. The van der Waals surface area contributed by atoms with Gasteiger partial charge < -0.3 is 9.84 Å². The number of ether oxygens (including phenoxy) is 1. The number of benzene rings is 1. The summed E-state index contributed by atoms with van der Waals surface area (Å²) in [5.41, 5.74) is 0.642. The molecule has 1 heterocycles. The van der Waals surface area contributed by atoms with Crippen molar-refractivity contribution in [2.24, 2.45) is 0 Å². The molecule has 1 aliphatic rings. The monoisotopic (exact) mass is 304 g/mol. The normalized spacial score (nSPS) is 15.2. The van der Waals surface area contributed by atoms with E-state index in [9.17, 15) is 14.3 Å². The minimum absolute atomic E-state index is 0.0767. The van der Waals surface area contributed by atoms with Gasteiger partial charge in [-0.2, -0.15) is 5.10 Å². The van der Waals surface area contributed by atoms with Crippen molar-refractivity contribution < 1.29 is 19.0 Å². The first-order chi connectivity index (χ1) is 10.6. The first-order valence-corrected chi connectivity index (χ1v) is 7.27. The summed E-state index contributed by atoms with van der Waals surface area (Å²) in [5.74, 6) is -1.19. The topological polar surface area (TPSA) is 64.3 Å².